The summed E-state index contributed by atoms with van der Waals surface area (Å²) in [5, 5.41) is 2.90. The smallest absolute Gasteiger partial charge is 0.373 e. The average Bonchev–Trinajstić information content (AvgIpc) is 2.19. The summed E-state index contributed by atoms with van der Waals surface area (Å²) >= 11 is 3.08. The molecule has 1 aromatic carbocycles. The molecule has 1 N–H and O–H groups in total. The lowest BCUT2D eigenvalue weighted by atomic mass is 10.2. The van der Waals surface area contributed by atoms with Crippen LogP contribution < -0.4 is 5.32 Å². The number of hydrogen-bond acceptors (Lipinski definition) is 1. The number of rotatable bonds is 2. The zero-order valence-electron chi connectivity index (χ0n) is 8.45. The molecule has 0 spiro atoms. The van der Waals surface area contributed by atoms with Crippen molar-refractivity contribution in [2.24, 2.45) is 0 Å². The van der Waals surface area contributed by atoms with Crippen LogP contribution in [-0.4, -0.2) is 6.54 Å². The predicted octanol–water partition coefficient (Wildman–Crippen LogP) is 3.90. The van der Waals surface area contributed by atoms with Gasteiger partial charge in [0.1, 0.15) is 0 Å². The molecule has 86 valence electrons. The highest BCUT2D eigenvalue weighted by Gasteiger charge is 2.30. The summed E-state index contributed by atoms with van der Waals surface area (Å²) in [7, 11) is 0. The van der Waals surface area contributed by atoms with Gasteiger partial charge in [-0.3, -0.25) is 0 Å². The highest BCUT2D eigenvalue weighted by molar-refractivity contribution is 9.10. The molecule has 0 aliphatic rings. The van der Waals surface area contributed by atoms with Gasteiger partial charge >= 0.3 is 6.18 Å². The van der Waals surface area contributed by atoms with Gasteiger partial charge in [0, 0.05) is 10.2 Å². The predicted molar refractivity (Wildman–Crippen MR) is 61.1 cm³/mol. The van der Waals surface area contributed by atoms with Crippen molar-refractivity contribution >= 4 is 21.6 Å². The zero-order chi connectivity index (χ0) is 12.2. The van der Waals surface area contributed by atoms with Crippen LogP contribution in [0.5, 0.6) is 0 Å². The normalized spacial score (nSPS) is 10.6. The van der Waals surface area contributed by atoms with Gasteiger partial charge in [0.25, 0.3) is 0 Å². The molecule has 1 rings (SSSR count). The molecule has 0 saturated carbocycles. The fourth-order valence-electron chi connectivity index (χ4n) is 1.06. The first-order valence-electron chi connectivity index (χ1n) is 4.45. The summed E-state index contributed by atoms with van der Waals surface area (Å²) < 4.78 is 37.4. The molecule has 0 amide bonds. The Labute approximate surface area is 100 Å². The Hall–Kier alpha value is -1.15. The molecule has 0 heterocycles. The van der Waals surface area contributed by atoms with Crippen LogP contribution in [0.1, 0.15) is 12.5 Å². The SMILES string of the molecule is CC#CCNc1ccc(C(F)(F)F)cc1Br. The summed E-state index contributed by atoms with van der Waals surface area (Å²) in [6, 6.07) is 3.46. The standard InChI is InChI=1S/C11H9BrF3N/c1-2-3-6-16-10-5-4-8(7-9(10)12)11(13,14)15/h4-5,7,16H,6H2,1H3. The second-order valence-electron chi connectivity index (χ2n) is 2.97. The van der Waals surface area contributed by atoms with Gasteiger partial charge in [-0.05, 0) is 41.1 Å². The van der Waals surface area contributed by atoms with Crippen molar-refractivity contribution in [3.05, 3.63) is 28.2 Å². The molecule has 0 fully saturated rings. The molecular weight excluding hydrogens is 283 g/mol. The largest absolute Gasteiger partial charge is 0.416 e. The van der Waals surface area contributed by atoms with E-state index in [2.05, 4.69) is 33.1 Å². The first-order valence-corrected chi connectivity index (χ1v) is 5.24. The Morgan fingerprint density at radius 3 is 2.56 bits per heavy atom. The minimum atomic E-state index is -4.32. The number of hydrogen-bond donors (Lipinski definition) is 1. The van der Waals surface area contributed by atoms with Crippen LogP contribution in [0.3, 0.4) is 0 Å². The van der Waals surface area contributed by atoms with Gasteiger partial charge in [0.05, 0.1) is 12.1 Å². The van der Waals surface area contributed by atoms with Gasteiger partial charge in [-0.15, -0.1) is 5.92 Å². The molecule has 0 atom stereocenters. The summed E-state index contributed by atoms with van der Waals surface area (Å²) in [6.07, 6.45) is -4.32. The van der Waals surface area contributed by atoms with Crippen LogP contribution in [0.4, 0.5) is 18.9 Å². The van der Waals surface area contributed by atoms with Crippen molar-refractivity contribution in [2.45, 2.75) is 13.1 Å². The van der Waals surface area contributed by atoms with E-state index in [0.717, 1.165) is 12.1 Å². The molecule has 16 heavy (non-hydrogen) atoms. The molecule has 5 heteroatoms. The van der Waals surface area contributed by atoms with E-state index in [1.54, 1.807) is 6.92 Å². The van der Waals surface area contributed by atoms with Crippen molar-refractivity contribution in [1.82, 2.24) is 0 Å². The van der Waals surface area contributed by atoms with Crippen LogP contribution in [0.25, 0.3) is 0 Å². The lowest BCUT2D eigenvalue weighted by molar-refractivity contribution is -0.137. The number of benzene rings is 1. The van der Waals surface area contributed by atoms with Gasteiger partial charge in [0.2, 0.25) is 0 Å². The molecule has 0 aromatic heterocycles. The maximum atomic E-state index is 12.3. The van der Waals surface area contributed by atoms with E-state index < -0.39 is 11.7 Å². The molecule has 0 unspecified atom stereocenters. The molecule has 0 saturated heterocycles. The highest BCUT2D eigenvalue weighted by Crippen LogP contribution is 2.33. The van der Waals surface area contributed by atoms with Crippen molar-refractivity contribution in [2.75, 3.05) is 11.9 Å². The molecule has 0 aliphatic heterocycles. The van der Waals surface area contributed by atoms with E-state index in [1.165, 1.54) is 6.07 Å². The van der Waals surface area contributed by atoms with Crippen LogP contribution in [0.2, 0.25) is 0 Å². The first-order chi connectivity index (χ1) is 7.45. The van der Waals surface area contributed by atoms with Crippen LogP contribution in [-0.2, 0) is 6.18 Å². The minimum Gasteiger partial charge on any atom is -0.373 e. The van der Waals surface area contributed by atoms with Crippen molar-refractivity contribution < 1.29 is 13.2 Å². The fourth-order valence-corrected chi connectivity index (χ4v) is 1.58. The highest BCUT2D eigenvalue weighted by atomic mass is 79.9. The van der Waals surface area contributed by atoms with Gasteiger partial charge < -0.3 is 5.32 Å². The lowest BCUT2D eigenvalue weighted by Gasteiger charge is -2.10. The van der Waals surface area contributed by atoms with E-state index in [4.69, 9.17) is 0 Å². The fraction of sp³-hybridized carbons (Fsp3) is 0.273. The Balaban J connectivity index is 2.86. The van der Waals surface area contributed by atoms with Crippen LogP contribution in [0, 0.1) is 11.8 Å². The molecule has 1 aromatic rings. The zero-order valence-corrected chi connectivity index (χ0v) is 10.0. The molecule has 0 bridgehead atoms. The van der Waals surface area contributed by atoms with E-state index in [1.807, 2.05) is 0 Å². The van der Waals surface area contributed by atoms with Crippen molar-refractivity contribution in [3.63, 3.8) is 0 Å². The average molecular weight is 292 g/mol. The number of nitrogens with one attached hydrogen (secondary N) is 1. The first kappa shape index (κ1) is 12.9. The number of halogens is 4. The third-order valence-electron chi connectivity index (χ3n) is 1.84. The summed E-state index contributed by atoms with van der Waals surface area (Å²) in [5.41, 5.74) is -0.0812. The second kappa shape index (κ2) is 5.26. The second-order valence-corrected chi connectivity index (χ2v) is 3.83. The quantitative estimate of drug-likeness (QED) is 0.815. The third kappa shape index (κ3) is 3.46. The monoisotopic (exact) mass is 291 g/mol. The third-order valence-corrected chi connectivity index (χ3v) is 2.50. The van der Waals surface area contributed by atoms with Crippen LogP contribution >= 0.6 is 15.9 Å². The van der Waals surface area contributed by atoms with Gasteiger partial charge in [-0.1, -0.05) is 5.92 Å². The Morgan fingerprint density at radius 2 is 2.06 bits per heavy atom. The van der Waals surface area contributed by atoms with Gasteiger partial charge in [-0.25, -0.2) is 0 Å². The maximum Gasteiger partial charge on any atom is 0.416 e. The molecule has 1 nitrogen and oxygen atoms in total. The molecule has 0 radical (unpaired) electrons. The van der Waals surface area contributed by atoms with Crippen molar-refractivity contribution in [3.8, 4) is 11.8 Å². The summed E-state index contributed by atoms with van der Waals surface area (Å²) in [4.78, 5) is 0. The Bertz CT molecular complexity index is 429. The summed E-state index contributed by atoms with van der Waals surface area (Å²) in [5.74, 6) is 5.45. The number of anilines is 1. The van der Waals surface area contributed by atoms with Crippen molar-refractivity contribution in [1.29, 1.82) is 0 Å². The van der Waals surface area contributed by atoms with Gasteiger partial charge in [-0.2, -0.15) is 13.2 Å². The van der Waals surface area contributed by atoms with Gasteiger partial charge in [0.15, 0.2) is 0 Å². The molecular formula is C11H9BrF3N. The topological polar surface area (TPSA) is 12.0 Å². The minimum absolute atomic E-state index is 0.375. The van der Waals surface area contributed by atoms with E-state index >= 15 is 0 Å². The lowest BCUT2D eigenvalue weighted by Crippen LogP contribution is -2.06. The summed E-state index contributed by atoms with van der Waals surface area (Å²) in [6.45, 7) is 2.10. The maximum absolute atomic E-state index is 12.3. The Kier molecular flexibility index (Phi) is 4.25. The van der Waals surface area contributed by atoms with Crippen LogP contribution in [0.15, 0.2) is 22.7 Å². The molecule has 0 aliphatic carbocycles. The van der Waals surface area contributed by atoms with E-state index in [-0.39, 0.29) is 0 Å². The van der Waals surface area contributed by atoms with E-state index in [0.29, 0.717) is 16.7 Å². The Morgan fingerprint density at radius 1 is 1.38 bits per heavy atom. The number of alkyl halides is 3. The van der Waals surface area contributed by atoms with E-state index in [9.17, 15) is 13.2 Å².